The number of methoxy groups -OCH3 is 1. The first-order valence-corrected chi connectivity index (χ1v) is 7.97. The number of aryl methyl sites for hydroxylation is 3. The van der Waals surface area contributed by atoms with E-state index in [0.29, 0.717) is 0 Å². The van der Waals surface area contributed by atoms with Crippen LogP contribution in [0.3, 0.4) is 0 Å². The molecule has 0 atom stereocenters. The second-order valence-corrected chi connectivity index (χ2v) is 4.94. The van der Waals surface area contributed by atoms with Crippen molar-refractivity contribution in [3.05, 3.63) is 59.8 Å². The Balaban J connectivity index is 0.000000924. The molecule has 1 aromatic carbocycles. The highest BCUT2D eigenvalue weighted by molar-refractivity contribution is 5.86. The number of benzene rings is 1. The molecule has 4 nitrogen and oxygen atoms in total. The lowest BCUT2D eigenvalue weighted by Crippen LogP contribution is -2.02. The Labute approximate surface area is 137 Å². The lowest BCUT2D eigenvalue weighted by atomic mass is 10.1. The lowest BCUT2D eigenvalue weighted by molar-refractivity contribution is 0.418. The molecule has 0 radical (unpaired) electrons. The summed E-state index contributed by atoms with van der Waals surface area (Å²) in [5.41, 5.74) is 3.06. The Hall–Kier alpha value is -2.49. The minimum absolute atomic E-state index is 0.792. The van der Waals surface area contributed by atoms with E-state index in [1.165, 1.54) is 5.56 Å². The molecule has 0 bridgehead atoms. The van der Waals surface area contributed by atoms with Crippen LogP contribution in [0.1, 0.15) is 30.9 Å². The van der Waals surface area contributed by atoms with Crippen LogP contribution in [-0.2, 0) is 12.8 Å². The highest BCUT2D eigenvalue weighted by atomic mass is 16.5. The van der Waals surface area contributed by atoms with Gasteiger partial charge in [-0.3, -0.25) is 4.98 Å². The van der Waals surface area contributed by atoms with Crippen LogP contribution >= 0.6 is 0 Å². The van der Waals surface area contributed by atoms with Gasteiger partial charge in [-0.25, -0.2) is 9.97 Å². The normalized spacial score (nSPS) is 10.1. The molecule has 23 heavy (non-hydrogen) atoms. The fraction of sp³-hybridized carbons (Fsp3) is 0.316. The van der Waals surface area contributed by atoms with E-state index in [1.54, 1.807) is 13.3 Å². The van der Waals surface area contributed by atoms with Crippen LogP contribution in [-0.4, -0.2) is 22.1 Å². The van der Waals surface area contributed by atoms with Gasteiger partial charge in [0.1, 0.15) is 17.1 Å². The molecule has 0 fully saturated rings. The fourth-order valence-corrected chi connectivity index (χ4v) is 2.42. The van der Waals surface area contributed by atoms with E-state index in [4.69, 9.17) is 4.74 Å². The van der Waals surface area contributed by atoms with E-state index in [-0.39, 0.29) is 0 Å². The lowest BCUT2D eigenvalue weighted by Gasteiger charge is -2.09. The molecule has 0 aliphatic heterocycles. The van der Waals surface area contributed by atoms with Gasteiger partial charge in [-0.05, 0) is 31.0 Å². The third-order valence-electron chi connectivity index (χ3n) is 3.51. The SMILES string of the molecule is CC.COc1cccc2c(C)nc(CCc3cccnc3)nc12. The zero-order valence-electron chi connectivity index (χ0n) is 14.2. The summed E-state index contributed by atoms with van der Waals surface area (Å²) in [4.78, 5) is 13.4. The van der Waals surface area contributed by atoms with Crippen molar-refractivity contribution in [1.29, 1.82) is 0 Å². The number of nitrogens with zero attached hydrogens (tertiary/aromatic N) is 3. The van der Waals surface area contributed by atoms with Crippen LogP contribution in [0, 0.1) is 6.92 Å². The van der Waals surface area contributed by atoms with Gasteiger partial charge in [-0.1, -0.05) is 32.0 Å². The van der Waals surface area contributed by atoms with Crippen molar-refractivity contribution in [2.24, 2.45) is 0 Å². The summed E-state index contributed by atoms with van der Waals surface area (Å²) >= 11 is 0. The van der Waals surface area contributed by atoms with E-state index in [1.807, 2.05) is 51.2 Å². The van der Waals surface area contributed by atoms with Gasteiger partial charge >= 0.3 is 0 Å². The first-order chi connectivity index (χ1) is 11.3. The van der Waals surface area contributed by atoms with Gasteiger partial charge in [-0.2, -0.15) is 0 Å². The Kier molecular flexibility index (Phi) is 6.03. The summed E-state index contributed by atoms with van der Waals surface area (Å²) < 4.78 is 5.40. The maximum absolute atomic E-state index is 5.40. The van der Waals surface area contributed by atoms with Crippen molar-refractivity contribution in [3.63, 3.8) is 0 Å². The molecule has 0 spiro atoms. The van der Waals surface area contributed by atoms with Gasteiger partial charge in [0.05, 0.1) is 7.11 Å². The molecule has 2 heterocycles. The number of pyridine rings is 1. The Morgan fingerprint density at radius 2 is 1.83 bits per heavy atom. The maximum Gasteiger partial charge on any atom is 0.145 e. The molecule has 0 aliphatic carbocycles. The number of rotatable bonds is 4. The zero-order valence-corrected chi connectivity index (χ0v) is 14.2. The van der Waals surface area contributed by atoms with Crippen LogP contribution in [0.4, 0.5) is 0 Å². The topological polar surface area (TPSA) is 47.9 Å². The molecule has 0 aliphatic rings. The van der Waals surface area contributed by atoms with E-state index in [2.05, 4.69) is 21.0 Å². The number of hydrogen-bond donors (Lipinski definition) is 0. The molecule has 0 amide bonds. The average molecular weight is 309 g/mol. The zero-order chi connectivity index (χ0) is 16.7. The predicted octanol–water partition coefficient (Wildman–Crippen LogP) is 4.15. The second-order valence-electron chi connectivity index (χ2n) is 4.94. The van der Waals surface area contributed by atoms with Gasteiger partial charge in [0.25, 0.3) is 0 Å². The average Bonchev–Trinajstić information content (AvgIpc) is 2.62. The van der Waals surface area contributed by atoms with E-state index < -0.39 is 0 Å². The van der Waals surface area contributed by atoms with E-state index in [9.17, 15) is 0 Å². The van der Waals surface area contributed by atoms with E-state index in [0.717, 1.165) is 41.0 Å². The highest BCUT2D eigenvalue weighted by Gasteiger charge is 2.09. The molecular weight excluding hydrogens is 286 g/mol. The summed E-state index contributed by atoms with van der Waals surface area (Å²) in [6, 6.07) is 9.94. The molecule has 3 aromatic rings. The summed E-state index contributed by atoms with van der Waals surface area (Å²) in [6.07, 6.45) is 5.34. The molecule has 4 heteroatoms. The molecule has 120 valence electrons. The van der Waals surface area contributed by atoms with Gasteiger partial charge in [0.2, 0.25) is 0 Å². The number of fused-ring (bicyclic) bond motifs is 1. The van der Waals surface area contributed by atoms with Crippen molar-refractivity contribution in [1.82, 2.24) is 15.0 Å². The summed E-state index contributed by atoms with van der Waals surface area (Å²) in [6.45, 7) is 6.01. The Morgan fingerprint density at radius 3 is 2.52 bits per heavy atom. The summed E-state index contributed by atoms with van der Waals surface area (Å²) in [5.74, 6) is 1.63. The van der Waals surface area contributed by atoms with Crippen LogP contribution in [0.5, 0.6) is 5.75 Å². The van der Waals surface area contributed by atoms with Crippen LogP contribution in [0.15, 0.2) is 42.7 Å². The van der Waals surface area contributed by atoms with Crippen molar-refractivity contribution in [3.8, 4) is 5.75 Å². The van der Waals surface area contributed by atoms with Crippen molar-refractivity contribution in [2.45, 2.75) is 33.6 Å². The number of aromatic nitrogens is 3. The monoisotopic (exact) mass is 309 g/mol. The van der Waals surface area contributed by atoms with Crippen molar-refractivity contribution >= 4 is 10.9 Å². The highest BCUT2D eigenvalue weighted by Crippen LogP contribution is 2.25. The van der Waals surface area contributed by atoms with Gasteiger partial charge in [0, 0.05) is 29.9 Å². The quantitative estimate of drug-likeness (QED) is 0.726. The van der Waals surface area contributed by atoms with Crippen molar-refractivity contribution < 1.29 is 4.74 Å². The second kappa shape index (κ2) is 8.22. The number of para-hydroxylation sites is 1. The van der Waals surface area contributed by atoms with Gasteiger partial charge in [-0.15, -0.1) is 0 Å². The maximum atomic E-state index is 5.40. The largest absolute Gasteiger partial charge is 0.494 e. The third-order valence-corrected chi connectivity index (χ3v) is 3.51. The van der Waals surface area contributed by atoms with Crippen LogP contribution < -0.4 is 4.74 Å². The molecule has 3 rings (SSSR count). The Morgan fingerprint density at radius 1 is 1.00 bits per heavy atom. The standard InChI is InChI=1S/C17H17N3O.C2H6/c1-12-14-6-3-7-15(21-2)17(14)20-16(19-12)9-8-13-5-4-10-18-11-13;1-2/h3-7,10-11H,8-9H2,1-2H3;1-2H3. The number of hydrogen-bond acceptors (Lipinski definition) is 4. The fourth-order valence-electron chi connectivity index (χ4n) is 2.42. The van der Waals surface area contributed by atoms with Crippen LogP contribution in [0.2, 0.25) is 0 Å². The third kappa shape index (κ3) is 4.03. The molecular formula is C19H23N3O. The minimum Gasteiger partial charge on any atom is -0.494 e. The summed E-state index contributed by atoms with van der Waals surface area (Å²) in [5, 5.41) is 1.04. The first kappa shape index (κ1) is 16.9. The molecule has 0 unspecified atom stereocenters. The molecule has 0 saturated heterocycles. The smallest absolute Gasteiger partial charge is 0.145 e. The van der Waals surface area contributed by atoms with Crippen molar-refractivity contribution in [2.75, 3.05) is 7.11 Å². The van der Waals surface area contributed by atoms with Crippen LogP contribution in [0.25, 0.3) is 10.9 Å². The number of ether oxygens (including phenoxy) is 1. The molecule has 2 aromatic heterocycles. The molecule has 0 N–H and O–H groups in total. The van der Waals surface area contributed by atoms with E-state index >= 15 is 0 Å². The summed E-state index contributed by atoms with van der Waals surface area (Å²) in [7, 11) is 1.67. The predicted molar refractivity (Wildman–Crippen MR) is 93.8 cm³/mol. The Bertz CT molecular complexity index is 757. The first-order valence-electron chi connectivity index (χ1n) is 7.97. The molecule has 0 saturated carbocycles. The van der Waals surface area contributed by atoms with Gasteiger partial charge in [0.15, 0.2) is 0 Å². The minimum atomic E-state index is 0.792. The van der Waals surface area contributed by atoms with Gasteiger partial charge < -0.3 is 4.74 Å².